The van der Waals surface area contributed by atoms with Crippen LogP contribution in [-0.2, 0) is 4.79 Å². The molecule has 0 spiro atoms. The molecule has 1 aliphatic heterocycles. The molecule has 2 aromatic carbocycles. The largest absolute Gasteiger partial charge is 0.483 e. The summed E-state index contributed by atoms with van der Waals surface area (Å²) in [6.07, 6.45) is 0. The molecular weight excluding hydrogens is 338 g/mol. The summed E-state index contributed by atoms with van der Waals surface area (Å²) in [6.45, 7) is 1.61. The van der Waals surface area contributed by atoms with Crippen LogP contribution in [0.4, 0.5) is 0 Å². The number of hydrogen-bond donors (Lipinski definition) is 2. The molecule has 8 heteroatoms. The standard InChI is InChI=1S/C18H17N3O5/c1-11(13-4-2-3-5-14(13)24-9-17(19)22)20-21-18(23)12-6-7-15-16(8-12)26-10-25-15/h2-8H,9-10H2,1H3,(H2,19,22)(H,21,23)/b20-11+. The fourth-order valence-corrected chi connectivity index (χ4v) is 2.34. The van der Waals surface area contributed by atoms with Crippen molar-refractivity contribution >= 4 is 17.5 Å². The lowest BCUT2D eigenvalue weighted by molar-refractivity contribution is -0.119. The molecule has 1 aliphatic rings. The number of para-hydroxylation sites is 1. The smallest absolute Gasteiger partial charge is 0.271 e. The number of fused-ring (bicyclic) bond motifs is 1. The third kappa shape index (κ3) is 3.92. The fraction of sp³-hybridized carbons (Fsp3) is 0.167. The van der Waals surface area contributed by atoms with Gasteiger partial charge >= 0.3 is 0 Å². The summed E-state index contributed by atoms with van der Waals surface area (Å²) in [6, 6.07) is 11.9. The van der Waals surface area contributed by atoms with Gasteiger partial charge in [-0.1, -0.05) is 12.1 Å². The van der Waals surface area contributed by atoms with Gasteiger partial charge in [-0.2, -0.15) is 5.10 Å². The van der Waals surface area contributed by atoms with E-state index >= 15 is 0 Å². The van der Waals surface area contributed by atoms with Crippen LogP contribution in [-0.4, -0.2) is 30.9 Å². The van der Waals surface area contributed by atoms with Crippen molar-refractivity contribution < 1.29 is 23.8 Å². The van der Waals surface area contributed by atoms with E-state index in [1.807, 2.05) is 0 Å². The first-order chi connectivity index (χ1) is 12.5. The molecule has 8 nitrogen and oxygen atoms in total. The van der Waals surface area contributed by atoms with E-state index in [4.69, 9.17) is 19.9 Å². The Labute approximate surface area is 149 Å². The quantitative estimate of drug-likeness (QED) is 0.601. The van der Waals surface area contributed by atoms with Gasteiger partial charge < -0.3 is 19.9 Å². The molecule has 0 bridgehead atoms. The third-order valence-corrected chi connectivity index (χ3v) is 3.61. The molecule has 3 N–H and O–H groups in total. The number of ether oxygens (including phenoxy) is 3. The molecule has 0 aromatic heterocycles. The first kappa shape index (κ1) is 17.3. The second-order valence-electron chi connectivity index (χ2n) is 5.46. The Balaban J connectivity index is 1.72. The van der Waals surface area contributed by atoms with E-state index in [0.29, 0.717) is 34.1 Å². The van der Waals surface area contributed by atoms with Crippen LogP contribution in [0.5, 0.6) is 17.2 Å². The maximum absolute atomic E-state index is 12.3. The third-order valence-electron chi connectivity index (χ3n) is 3.61. The Morgan fingerprint density at radius 2 is 1.96 bits per heavy atom. The first-order valence-corrected chi connectivity index (χ1v) is 7.79. The van der Waals surface area contributed by atoms with Crippen molar-refractivity contribution in [3.05, 3.63) is 53.6 Å². The number of nitrogens with two attached hydrogens (primary N) is 1. The van der Waals surface area contributed by atoms with Crippen LogP contribution in [0.1, 0.15) is 22.8 Å². The molecule has 26 heavy (non-hydrogen) atoms. The summed E-state index contributed by atoms with van der Waals surface area (Å²) in [5, 5.41) is 4.10. The SMILES string of the molecule is C/C(=N\NC(=O)c1ccc2c(c1)OCO2)c1ccccc1OCC(N)=O. The molecule has 2 aromatic rings. The average molecular weight is 355 g/mol. The number of carbonyl (C=O) groups excluding carboxylic acids is 2. The highest BCUT2D eigenvalue weighted by atomic mass is 16.7. The molecule has 0 aliphatic carbocycles. The molecule has 0 unspecified atom stereocenters. The van der Waals surface area contributed by atoms with Crippen molar-refractivity contribution in [2.75, 3.05) is 13.4 Å². The number of benzene rings is 2. The average Bonchev–Trinajstić information content (AvgIpc) is 3.12. The molecule has 2 amide bonds. The first-order valence-electron chi connectivity index (χ1n) is 7.79. The second-order valence-corrected chi connectivity index (χ2v) is 5.46. The van der Waals surface area contributed by atoms with Crippen LogP contribution in [0.15, 0.2) is 47.6 Å². The zero-order valence-electron chi connectivity index (χ0n) is 14.0. The highest BCUT2D eigenvalue weighted by Crippen LogP contribution is 2.32. The number of carbonyl (C=O) groups is 2. The highest BCUT2D eigenvalue weighted by molar-refractivity contribution is 6.02. The molecule has 134 valence electrons. The number of rotatable bonds is 6. The van der Waals surface area contributed by atoms with Crippen LogP contribution >= 0.6 is 0 Å². The van der Waals surface area contributed by atoms with E-state index in [2.05, 4.69) is 10.5 Å². The Morgan fingerprint density at radius 1 is 1.19 bits per heavy atom. The van der Waals surface area contributed by atoms with E-state index in [9.17, 15) is 9.59 Å². The van der Waals surface area contributed by atoms with Gasteiger partial charge in [-0.05, 0) is 37.3 Å². The van der Waals surface area contributed by atoms with Gasteiger partial charge in [0.25, 0.3) is 11.8 Å². The number of hydrogen-bond acceptors (Lipinski definition) is 6. The zero-order valence-corrected chi connectivity index (χ0v) is 14.0. The second kappa shape index (κ2) is 7.56. The van der Waals surface area contributed by atoms with Crippen molar-refractivity contribution in [3.63, 3.8) is 0 Å². The maximum atomic E-state index is 12.3. The van der Waals surface area contributed by atoms with E-state index < -0.39 is 11.8 Å². The molecule has 0 saturated heterocycles. The minimum Gasteiger partial charge on any atom is -0.483 e. The van der Waals surface area contributed by atoms with Gasteiger partial charge in [0.15, 0.2) is 18.1 Å². The minimum atomic E-state index is -0.578. The zero-order chi connectivity index (χ0) is 18.5. The molecule has 1 heterocycles. The molecular formula is C18H17N3O5. The fourth-order valence-electron chi connectivity index (χ4n) is 2.34. The van der Waals surface area contributed by atoms with Gasteiger partial charge in [0.05, 0.1) is 5.71 Å². The molecule has 0 atom stereocenters. The molecule has 3 rings (SSSR count). The lowest BCUT2D eigenvalue weighted by Gasteiger charge is -2.10. The summed E-state index contributed by atoms with van der Waals surface area (Å²) in [5.74, 6) is 0.596. The van der Waals surface area contributed by atoms with Crippen molar-refractivity contribution in [3.8, 4) is 17.2 Å². The van der Waals surface area contributed by atoms with Crippen LogP contribution in [0.3, 0.4) is 0 Å². The minimum absolute atomic E-state index is 0.139. The van der Waals surface area contributed by atoms with Crippen LogP contribution in [0.25, 0.3) is 0 Å². The summed E-state index contributed by atoms with van der Waals surface area (Å²) in [4.78, 5) is 23.2. The molecule has 0 saturated carbocycles. The Kier molecular flexibility index (Phi) is 5.02. The van der Waals surface area contributed by atoms with Gasteiger partial charge in [-0.3, -0.25) is 9.59 Å². The van der Waals surface area contributed by atoms with E-state index in [1.165, 1.54) is 0 Å². The van der Waals surface area contributed by atoms with Gasteiger partial charge in [-0.25, -0.2) is 5.43 Å². The van der Waals surface area contributed by atoms with E-state index in [0.717, 1.165) is 0 Å². The maximum Gasteiger partial charge on any atom is 0.271 e. The summed E-state index contributed by atoms with van der Waals surface area (Å²) >= 11 is 0. The van der Waals surface area contributed by atoms with Crippen LogP contribution < -0.4 is 25.4 Å². The van der Waals surface area contributed by atoms with Crippen LogP contribution in [0.2, 0.25) is 0 Å². The lowest BCUT2D eigenvalue weighted by atomic mass is 10.1. The number of nitrogens with zero attached hydrogens (tertiary/aromatic N) is 1. The molecule has 0 fully saturated rings. The van der Waals surface area contributed by atoms with Crippen LogP contribution in [0, 0.1) is 0 Å². The number of nitrogens with one attached hydrogen (secondary N) is 1. The predicted molar refractivity (Wildman–Crippen MR) is 93.4 cm³/mol. The van der Waals surface area contributed by atoms with Gasteiger partial charge in [0.2, 0.25) is 6.79 Å². The number of hydrazone groups is 1. The van der Waals surface area contributed by atoms with E-state index in [-0.39, 0.29) is 13.4 Å². The Bertz CT molecular complexity index is 879. The van der Waals surface area contributed by atoms with Gasteiger partial charge in [0.1, 0.15) is 5.75 Å². The highest BCUT2D eigenvalue weighted by Gasteiger charge is 2.16. The number of amides is 2. The Hall–Kier alpha value is -3.55. The van der Waals surface area contributed by atoms with Crippen molar-refractivity contribution in [1.82, 2.24) is 5.43 Å². The van der Waals surface area contributed by atoms with Gasteiger partial charge in [-0.15, -0.1) is 0 Å². The van der Waals surface area contributed by atoms with Crippen molar-refractivity contribution in [2.24, 2.45) is 10.8 Å². The van der Waals surface area contributed by atoms with E-state index in [1.54, 1.807) is 49.4 Å². The van der Waals surface area contributed by atoms with Gasteiger partial charge in [0, 0.05) is 11.1 Å². The summed E-state index contributed by atoms with van der Waals surface area (Å²) in [5.41, 5.74) is 9.13. The molecule has 0 radical (unpaired) electrons. The number of primary amides is 1. The summed E-state index contributed by atoms with van der Waals surface area (Å²) < 4.78 is 15.8. The van der Waals surface area contributed by atoms with Crippen molar-refractivity contribution in [1.29, 1.82) is 0 Å². The monoisotopic (exact) mass is 355 g/mol. The summed E-state index contributed by atoms with van der Waals surface area (Å²) in [7, 11) is 0. The lowest BCUT2D eigenvalue weighted by Crippen LogP contribution is -2.21. The topological polar surface area (TPSA) is 112 Å². The Morgan fingerprint density at radius 3 is 2.77 bits per heavy atom. The predicted octanol–water partition coefficient (Wildman–Crippen LogP) is 1.43. The normalized spacial score (nSPS) is 12.6. The van der Waals surface area contributed by atoms with Crippen molar-refractivity contribution in [2.45, 2.75) is 6.92 Å².